The van der Waals surface area contributed by atoms with Gasteiger partial charge >= 0.3 is 0 Å². The summed E-state index contributed by atoms with van der Waals surface area (Å²) >= 11 is 0. The molecule has 1 nitrogen and oxygen atoms in total. The topological polar surface area (TPSA) is 12.0 Å². The van der Waals surface area contributed by atoms with E-state index in [-0.39, 0.29) is 0 Å². The smallest absolute Gasteiger partial charge is 0.00205 e. The van der Waals surface area contributed by atoms with Gasteiger partial charge in [0.25, 0.3) is 0 Å². The minimum Gasteiger partial charge on any atom is -0.316 e. The molecule has 1 aliphatic rings. The molecule has 0 aromatic heterocycles. The fourth-order valence-electron chi connectivity index (χ4n) is 1.18. The second-order valence-electron chi connectivity index (χ2n) is 3.71. The Morgan fingerprint density at radius 3 is 2.08 bits per heavy atom. The maximum atomic E-state index is 3.44. The summed E-state index contributed by atoms with van der Waals surface area (Å²) in [5.41, 5.74) is 0. The Morgan fingerprint density at radius 2 is 1.75 bits per heavy atom. The zero-order valence-corrected chi connectivity index (χ0v) is 9.03. The first-order valence-corrected chi connectivity index (χ1v) is 5.55. The number of nitrogens with one attached hydrogen (secondary N) is 1. The predicted molar refractivity (Wildman–Crippen MR) is 56.5 cm³/mol. The van der Waals surface area contributed by atoms with E-state index in [2.05, 4.69) is 26.1 Å². The molecule has 0 radical (unpaired) electrons. The molecule has 0 aromatic rings. The molecule has 1 aliphatic carbocycles. The van der Waals surface area contributed by atoms with E-state index in [1.54, 1.807) is 0 Å². The Kier molecular flexibility index (Phi) is 9.02. The molecule has 0 unspecified atom stereocenters. The third-order valence-corrected chi connectivity index (χ3v) is 2.08. The highest BCUT2D eigenvalue weighted by atomic mass is 14.9. The molecule has 1 N–H and O–H groups in total. The Labute approximate surface area is 77.9 Å². The van der Waals surface area contributed by atoms with Gasteiger partial charge in [0.2, 0.25) is 0 Å². The predicted octanol–water partition coefficient (Wildman–Crippen LogP) is 3.20. The van der Waals surface area contributed by atoms with Crippen LogP contribution in [0.25, 0.3) is 0 Å². The molecule has 12 heavy (non-hydrogen) atoms. The quantitative estimate of drug-likeness (QED) is 0.640. The van der Waals surface area contributed by atoms with Crippen LogP contribution in [0.2, 0.25) is 0 Å². The van der Waals surface area contributed by atoms with Gasteiger partial charge in [-0.2, -0.15) is 0 Å². The second-order valence-corrected chi connectivity index (χ2v) is 3.71. The van der Waals surface area contributed by atoms with Gasteiger partial charge in [0.15, 0.2) is 0 Å². The summed E-state index contributed by atoms with van der Waals surface area (Å²) < 4.78 is 0. The van der Waals surface area contributed by atoms with E-state index in [1.165, 1.54) is 45.2 Å². The van der Waals surface area contributed by atoms with E-state index in [1.807, 2.05) is 0 Å². The van der Waals surface area contributed by atoms with Crippen molar-refractivity contribution >= 4 is 0 Å². The minimum absolute atomic E-state index is 1.02. The van der Waals surface area contributed by atoms with Gasteiger partial charge in [-0.15, -0.1) is 0 Å². The van der Waals surface area contributed by atoms with Crippen molar-refractivity contribution in [3.05, 3.63) is 0 Å². The van der Waals surface area contributed by atoms with E-state index < -0.39 is 0 Å². The van der Waals surface area contributed by atoms with Crippen LogP contribution in [0.5, 0.6) is 0 Å². The molecule has 0 saturated heterocycles. The van der Waals surface area contributed by atoms with Gasteiger partial charge in [-0.1, -0.05) is 33.6 Å². The van der Waals surface area contributed by atoms with Crippen LogP contribution in [0.1, 0.15) is 52.9 Å². The highest BCUT2D eigenvalue weighted by molar-refractivity contribution is 4.71. The lowest BCUT2D eigenvalue weighted by Gasteiger charge is -2.25. The largest absolute Gasteiger partial charge is 0.316 e. The molecule has 0 amide bonds. The molecule has 0 heterocycles. The van der Waals surface area contributed by atoms with Crippen molar-refractivity contribution in [3.8, 4) is 0 Å². The van der Waals surface area contributed by atoms with E-state index >= 15 is 0 Å². The first-order valence-electron chi connectivity index (χ1n) is 5.55. The summed E-state index contributed by atoms with van der Waals surface area (Å²) in [6, 6.07) is 0. The summed E-state index contributed by atoms with van der Waals surface area (Å²) in [5, 5.41) is 3.44. The van der Waals surface area contributed by atoms with Gasteiger partial charge < -0.3 is 5.32 Å². The average Bonchev–Trinajstić information content (AvgIpc) is 1.96. The van der Waals surface area contributed by atoms with Crippen molar-refractivity contribution in [2.45, 2.75) is 52.9 Å². The third-order valence-electron chi connectivity index (χ3n) is 2.08. The molecular formula is C11H25N. The molecule has 0 spiro atoms. The van der Waals surface area contributed by atoms with Crippen molar-refractivity contribution in [3.63, 3.8) is 0 Å². The zero-order chi connectivity index (χ0) is 9.23. The van der Waals surface area contributed by atoms with Crippen LogP contribution in [-0.4, -0.2) is 13.1 Å². The zero-order valence-electron chi connectivity index (χ0n) is 9.03. The van der Waals surface area contributed by atoms with Crippen LogP contribution in [-0.2, 0) is 0 Å². The van der Waals surface area contributed by atoms with Crippen LogP contribution in [0.3, 0.4) is 0 Å². The fraction of sp³-hybridized carbons (Fsp3) is 1.00. The standard InChI is InChI=1S/C8H17N.C3H8/c1-2-6-9-7-8-4-3-5-8;1-3-2/h8-9H,2-7H2,1H3;3H2,1-2H3. The molecule has 0 aromatic carbocycles. The second kappa shape index (κ2) is 9.05. The van der Waals surface area contributed by atoms with Gasteiger partial charge in [0.1, 0.15) is 0 Å². The molecule has 1 saturated carbocycles. The summed E-state index contributed by atoms with van der Waals surface area (Å²) in [5.74, 6) is 1.02. The molecule has 1 fully saturated rings. The average molecular weight is 171 g/mol. The van der Waals surface area contributed by atoms with Crippen molar-refractivity contribution in [2.24, 2.45) is 5.92 Å². The maximum Gasteiger partial charge on any atom is -0.00205 e. The van der Waals surface area contributed by atoms with Crippen LogP contribution in [0, 0.1) is 5.92 Å². The molecule has 0 bridgehead atoms. The normalized spacial score (nSPS) is 16.2. The first-order chi connectivity index (χ1) is 5.85. The summed E-state index contributed by atoms with van der Waals surface area (Å²) in [7, 11) is 0. The molecule has 0 aliphatic heterocycles. The number of hydrogen-bond donors (Lipinski definition) is 1. The van der Waals surface area contributed by atoms with E-state index in [4.69, 9.17) is 0 Å². The SMILES string of the molecule is CCC.CCCNCC1CCC1. The van der Waals surface area contributed by atoms with E-state index in [0.717, 1.165) is 5.92 Å². The van der Waals surface area contributed by atoms with Crippen molar-refractivity contribution in [2.75, 3.05) is 13.1 Å². The van der Waals surface area contributed by atoms with Crippen LogP contribution < -0.4 is 5.32 Å². The Hall–Kier alpha value is -0.0400. The van der Waals surface area contributed by atoms with Crippen molar-refractivity contribution in [1.29, 1.82) is 0 Å². The Balaban J connectivity index is 0.000000354. The van der Waals surface area contributed by atoms with Gasteiger partial charge in [0, 0.05) is 0 Å². The van der Waals surface area contributed by atoms with Gasteiger partial charge in [-0.25, -0.2) is 0 Å². The first kappa shape index (κ1) is 12.0. The van der Waals surface area contributed by atoms with E-state index in [0.29, 0.717) is 0 Å². The molecule has 0 atom stereocenters. The lowest BCUT2D eigenvalue weighted by molar-refractivity contribution is 0.302. The van der Waals surface area contributed by atoms with Crippen molar-refractivity contribution in [1.82, 2.24) is 5.32 Å². The van der Waals surface area contributed by atoms with Gasteiger partial charge in [0.05, 0.1) is 0 Å². The number of rotatable bonds is 4. The van der Waals surface area contributed by atoms with E-state index in [9.17, 15) is 0 Å². The van der Waals surface area contributed by atoms with Crippen LogP contribution in [0.4, 0.5) is 0 Å². The summed E-state index contributed by atoms with van der Waals surface area (Å²) in [4.78, 5) is 0. The highest BCUT2D eigenvalue weighted by Gasteiger charge is 2.15. The van der Waals surface area contributed by atoms with Crippen molar-refractivity contribution < 1.29 is 0 Å². The molecule has 74 valence electrons. The van der Waals surface area contributed by atoms with Gasteiger partial charge in [-0.05, 0) is 38.3 Å². The minimum atomic E-state index is 1.02. The lowest BCUT2D eigenvalue weighted by Crippen LogP contribution is -2.27. The summed E-state index contributed by atoms with van der Waals surface area (Å²) in [6.07, 6.45) is 6.93. The Morgan fingerprint density at radius 1 is 1.17 bits per heavy atom. The summed E-state index contributed by atoms with van der Waals surface area (Å²) in [6.45, 7) is 8.94. The number of hydrogen-bond acceptors (Lipinski definition) is 1. The Bertz CT molecular complexity index is 77.1. The maximum absolute atomic E-state index is 3.44. The molecule has 1 rings (SSSR count). The lowest BCUT2D eigenvalue weighted by atomic mass is 9.85. The van der Waals surface area contributed by atoms with Gasteiger partial charge in [-0.3, -0.25) is 0 Å². The highest BCUT2D eigenvalue weighted by Crippen LogP contribution is 2.24. The molecule has 1 heteroatoms. The monoisotopic (exact) mass is 171 g/mol. The van der Waals surface area contributed by atoms with Crippen LogP contribution >= 0.6 is 0 Å². The molecular weight excluding hydrogens is 146 g/mol. The third kappa shape index (κ3) is 6.66. The van der Waals surface area contributed by atoms with Crippen LogP contribution in [0.15, 0.2) is 0 Å². The fourth-order valence-corrected chi connectivity index (χ4v) is 1.18.